The van der Waals surface area contributed by atoms with E-state index in [9.17, 15) is 9.59 Å². The fraction of sp³-hybridized carbons (Fsp3) is 0.364. The molecule has 1 aliphatic carbocycles. The molecule has 0 saturated heterocycles. The van der Waals surface area contributed by atoms with Gasteiger partial charge in [0.1, 0.15) is 12.4 Å². The summed E-state index contributed by atoms with van der Waals surface area (Å²) in [6.45, 7) is 5.40. The van der Waals surface area contributed by atoms with E-state index in [0.29, 0.717) is 31.0 Å². The summed E-state index contributed by atoms with van der Waals surface area (Å²) in [5, 5.41) is 2.45. The van der Waals surface area contributed by atoms with E-state index in [1.807, 2.05) is 53.6 Å². The third-order valence-corrected chi connectivity index (χ3v) is 8.52. The third kappa shape index (κ3) is 4.73. The summed E-state index contributed by atoms with van der Waals surface area (Å²) >= 11 is 0. The first-order valence-corrected chi connectivity index (χ1v) is 14.1. The quantitative estimate of drug-likeness (QED) is 0.304. The fourth-order valence-corrected chi connectivity index (χ4v) is 6.41. The highest BCUT2D eigenvalue weighted by atomic mass is 16.5. The number of ether oxygens (including phenoxy) is 1. The topological polar surface area (TPSA) is 64.4 Å². The number of carbonyl (C=O) groups is 1. The number of fused-ring (bicyclic) bond motifs is 2. The van der Waals surface area contributed by atoms with Crippen molar-refractivity contribution in [3.63, 3.8) is 0 Å². The van der Waals surface area contributed by atoms with Crippen LogP contribution in [0.2, 0.25) is 0 Å². The third-order valence-electron chi connectivity index (χ3n) is 8.52. The van der Waals surface area contributed by atoms with Gasteiger partial charge in [-0.3, -0.25) is 9.59 Å². The van der Waals surface area contributed by atoms with E-state index in [2.05, 4.69) is 47.4 Å². The smallest absolute Gasteiger partial charge is 0.316 e. The molecule has 4 aromatic rings. The zero-order valence-electron chi connectivity index (χ0n) is 22.7. The molecule has 39 heavy (non-hydrogen) atoms. The summed E-state index contributed by atoms with van der Waals surface area (Å²) in [5.74, 6) is 0.587. The fourth-order valence-electron chi connectivity index (χ4n) is 6.41. The van der Waals surface area contributed by atoms with Crippen LogP contribution in [0.3, 0.4) is 0 Å². The van der Waals surface area contributed by atoms with E-state index in [0.717, 1.165) is 31.2 Å². The van der Waals surface area contributed by atoms with Crippen molar-refractivity contribution in [2.24, 2.45) is 0 Å². The molecular weight excluding hydrogens is 486 g/mol. The van der Waals surface area contributed by atoms with Crippen molar-refractivity contribution >= 4 is 16.7 Å². The lowest BCUT2D eigenvalue weighted by Gasteiger charge is -2.36. The normalized spacial score (nSPS) is 16.6. The Morgan fingerprint density at radius 3 is 2.36 bits per heavy atom. The van der Waals surface area contributed by atoms with Gasteiger partial charge >= 0.3 is 5.56 Å². The van der Waals surface area contributed by atoms with E-state index in [1.165, 1.54) is 16.3 Å². The van der Waals surface area contributed by atoms with Gasteiger partial charge in [0.2, 0.25) is 5.75 Å². The van der Waals surface area contributed by atoms with Gasteiger partial charge < -0.3 is 14.2 Å². The Labute approximate surface area is 229 Å². The Balaban J connectivity index is 1.43. The summed E-state index contributed by atoms with van der Waals surface area (Å²) in [4.78, 5) is 33.7. The molecule has 6 nitrogen and oxygen atoms in total. The van der Waals surface area contributed by atoms with Gasteiger partial charge in [-0.05, 0) is 48.6 Å². The monoisotopic (exact) mass is 521 g/mol. The molecule has 3 aromatic carbocycles. The molecule has 1 amide bonds. The number of hydrogen-bond acceptors (Lipinski definition) is 4. The van der Waals surface area contributed by atoms with Gasteiger partial charge in [0.15, 0.2) is 5.69 Å². The van der Waals surface area contributed by atoms with Crippen molar-refractivity contribution in [2.45, 2.75) is 70.6 Å². The van der Waals surface area contributed by atoms with Crippen molar-refractivity contribution in [2.75, 3.05) is 6.54 Å². The van der Waals surface area contributed by atoms with Crippen molar-refractivity contribution in [3.8, 4) is 5.75 Å². The van der Waals surface area contributed by atoms with Gasteiger partial charge in [-0.2, -0.15) is 4.98 Å². The van der Waals surface area contributed by atoms with E-state index in [1.54, 1.807) is 0 Å². The highest BCUT2D eigenvalue weighted by molar-refractivity contribution is 5.96. The SMILES string of the molecule is CC(C)N1CCn2c(CC3(c4ccc5ccccc5c4)CCCC3)nc(=O)c(OCc3ccccc3)c2C1=O. The van der Waals surface area contributed by atoms with Gasteiger partial charge in [0.05, 0.1) is 0 Å². The molecule has 1 fully saturated rings. The molecule has 0 atom stereocenters. The largest absolute Gasteiger partial charge is 0.481 e. The minimum atomic E-state index is -0.460. The van der Waals surface area contributed by atoms with Crippen LogP contribution in [0.5, 0.6) is 5.75 Å². The molecule has 200 valence electrons. The zero-order chi connectivity index (χ0) is 27.0. The van der Waals surface area contributed by atoms with E-state index < -0.39 is 5.56 Å². The Morgan fingerprint density at radius 1 is 0.897 bits per heavy atom. The Kier molecular flexibility index (Phi) is 6.71. The lowest BCUT2D eigenvalue weighted by atomic mass is 9.75. The summed E-state index contributed by atoms with van der Waals surface area (Å²) in [5.41, 5.74) is 1.99. The summed E-state index contributed by atoms with van der Waals surface area (Å²) in [6, 6.07) is 24.9. The van der Waals surface area contributed by atoms with E-state index in [4.69, 9.17) is 4.74 Å². The molecule has 6 rings (SSSR count). The molecule has 1 aromatic heterocycles. The van der Waals surface area contributed by atoms with Crippen molar-refractivity contribution in [1.29, 1.82) is 0 Å². The van der Waals surface area contributed by atoms with Crippen LogP contribution in [-0.2, 0) is 25.0 Å². The number of aromatic nitrogens is 2. The number of benzene rings is 3. The minimum Gasteiger partial charge on any atom is -0.481 e. The van der Waals surface area contributed by atoms with Crippen molar-refractivity contribution in [1.82, 2.24) is 14.5 Å². The summed E-state index contributed by atoms with van der Waals surface area (Å²) in [6.07, 6.45) is 4.98. The number of rotatable bonds is 7. The lowest BCUT2D eigenvalue weighted by Crippen LogP contribution is -2.47. The maximum atomic E-state index is 13.8. The predicted octanol–water partition coefficient (Wildman–Crippen LogP) is 5.89. The summed E-state index contributed by atoms with van der Waals surface area (Å²) < 4.78 is 8.04. The van der Waals surface area contributed by atoms with E-state index >= 15 is 0 Å². The highest BCUT2D eigenvalue weighted by Crippen LogP contribution is 2.44. The van der Waals surface area contributed by atoms with Gasteiger partial charge in [0, 0.05) is 31.0 Å². The van der Waals surface area contributed by atoms with Crippen LogP contribution in [-0.4, -0.2) is 32.9 Å². The van der Waals surface area contributed by atoms with Gasteiger partial charge in [-0.1, -0.05) is 85.6 Å². The first-order chi connectivity index (χ1) is 18.9. The molecule has 0 spiro atoms. The Bertz CT molecular complexity index is 1570. The maximum absolute atomic E-state index is 13.8. The van der Waals surface area contributed by atoms with Gasteiger partial charge in [-0.15, -0.1) is 0 Å². The molecule has 0 bridgehead atoms. The van der Waals surface area contributed by atoms with Gasteiger partial charge in [0.25, 0.3) is 5.91 Å². The lowest BCUT2D eigenvalue weighted by molar-refractivity contribution is 0.0633. The van der Waals surface area contributed by atoms with Crippen LogP contribution in [0.1, 0.15) is 67.0 Å². The summed E-state index contributed by atoms with van der Waals surface area (Å²) in [7, 11) is 0. The van der Waals surface area contributed by atoms with Crippen LogP contribution in [0.4, 0.5) is 0 Å². The molecular formula is C33H35N3O3. The number of nitrogens with zero attached hydrogens (tertiary/aromatic N) is 3. The molecule has 1 aliphatic heterocycles. The number of carbonyl (C=O) groups excluding carboxylic acids is 1. The van der Waals surface area contributed by atoms with Crippen LogP contribution in [0.25, 0.3) is 10.8 Å². The molecule has 0 N–H and O–H groups in total. The first-order valence-electron chi connectivity index (χ1n) is 14.1. The first kappa shape index (κ1) is 25.4. The van der Waals surface area contributed by atoms with Crippen LogP contribution in [0.15, 0.2) is 77.6 Å². The second-order valence-corrected chi connectivity index (χ2v) is 11.3. The van der Waals surface area contributed by atoms with Crippen LogP contribution >= 0.6 is 0 Å². The standard InChI is InChI=1S/C33H35N3O3/c1-23(2)35-18-19-36-28(34-31(37)30(29(36)32(35)38)39-22-24-10-4-3-5-11-24)21-33(16-8-9-17-33)27-15-14-25-12-6-7-13-26(25)20-27/h3-7,10-15,20,23H,8-9,16-19,21-22H2,1-2H3. The van der Waals surface area contributed by atoms with Gasteiger partial charge in [-0.25, -0.2) is 0 Å². The number of amides is 1. The molecule has 0 unspecified atom stereocenters. The molecule has 2 heterocycles. The molecule has 2 aliphatic rings. The average molecular weight is 522 g/mol. The zero-order valence-corrected chi connectivity index (χ0v) is 22.7. The van der Waals surface area contributed by atoms with Crippen LogP contribution in [0, 0.1) is 0 Å². The highest BCUT2D eigenvalue weighted by Gasteiger charge is 2.39. The second-order valence-electron chi connectivity index (χ2n) is 11.3. The average Bonchev–Trinajstić information content (AvgIpc) is 3.43. The number of hydrogen-bond donors (Lipinski definition) is 0. The predicted molar refractivity (Wildman–Crippen MR) is 153 cm³/mol. The van der Waals surface area contributed by atoms with Crippen molar-refractivity contribution in [3.05, 3.63) is 106 Å². The Morgan fingerprint density at radius 2 is 1.62 bits per heavy atom. The molecule has 0 radical (unpaired) electrons. The molecule has 6 heteroatoms. The van der Waals surface area contributed by atoms with Crippen LogP contribution < -0.4 is 10.3 Å². The van der Waals surface area contributed by atoms with E-state index in [-0.39, 0.29) is 29.7 Å². The van der Waals surface area contributed by atoms with Crippen molar-refractivity contribution < 1.29 is 9.53 Å². The second kappa shape index (κ2) is 10.3. The maximum Gasteiger partial charge on any atom is 0.316 e. The minimum absolute atomic E-state index is 0.0266. The molecule has 1 saturated carbocycles. The Hall–Kier alpha value is -3.93.